The summed E-state index contributed by atoms with van der Waals surface area (Å²) in [5, 5.41) is 6.23. The summed E-state index contributed by atoms with van der Waals surface area (Å²) in [5.74, 6) is -2.00. The molecule has 3 aromatic rings. The monoisotopic (exact) mass is 331 g/mol. The van der Waals surface area contributed by atoms with Gasteiger partial charge in [0.15, 0.2) is 0 Å². The maximum Gasteiger partial charge on any atom is 0.471 e. The molecule has 24 heavy (non-hydrogen) atoms. The highest BCUT2D eigenvalue weighted by Crippen LogP contribution is 2.21. The summed E-state index contributed by atoms with van der Waals surface area (Å²) in [7, 11) is 0. The molecule has 0 saturated carbocycles. The van der Waals surface area contributed by atoms with Gasteiger partial charge in [0.1, 0.15) is 0 Å². The predicted octanol–water partition coefficient (Wildman–Crippen LogP) is 4.04. The zero-order valence-corrected chi connectivity index (χ0v) is 12.3. The molecule has 4 nitrogen and oxygen atoms in total. The third-order valence-corrected chi connectivity index (χ3v) is 3.31. The zero-order chi connectivity index (χ0) is 17.2. The first kappa shape index (κ1) is 15.8. The number of aromatic nitrogens is 2. The maximum absolute atomic E-state index is 12.2. The molecule has 0 bridgehead atoms. The molecule has 3 rings (SSSR count). The Hall–Kier alpha value is -3.09. The lowest BCUT2D eigenvalue weighted by molar-refractivity contribution is -0.167. The van der Waals surface area contributed by atoms with Gasteiger partial charge in [0.25, 0.3) is 0 Å². The average Bonchev–Trinajstić information content (AvgIpc) is 3.05. The van der Waals surface area contributed by atoms with Crippen LogP contribution < -0.4 is 5.32 Å². The smallest absolute Gasteiger partial charge is 0.318 e. The van der Waals surface area contributed by atoms with Gasteiger partial charge in [-0.05, 0) is 30.3 Å². The second-order valence-electron chi connectivity index (χ2n) is 5.01. The lowest BCUT2D eigenvalue weighted by atomic mass is 10.2. The van der Waals surface area contributed by atoms with Crippen molar-refractivity contribution in [2.24, 2.45) is 0 Å². The van der Waals surface area contributed by atoms with Gasteiger partial charge < -0.3 is 5.32 Å². The van der Waals surface area contributed by atoms with Gasteiger partial charge in [-0.2, -0.15) is 18.3 Å². The van der Waals surface area contributed by atoms with E-state index in [0.717, 1.165) is 11.3 Å². The fourth-order valence-corrected chi connectivity index (χ4v) is 2.13. The molecule has 0 aliphatic heterocycles. The number of benzene rings is 2. The van der Waals surface area contributed by atoms with Crippen LogP contribution in [0.25, 0.3) is 16.9 Å². The molecule has 0 atom stereocenters. The molecule has 1 N–H and O–H groups in total. The van der Waals surface area contributed by atoms with Crippen LogP contribution in [0.3, 0.4) is 0 Å². The largest absolute Gasteiger partial charge is 0.471 e. The van der Waals surface area contributed by atoms with Gasteiger partial charge in [0.2, 0.25) is 0 Å². The molecule has 0 saturated heterocycles. The normalized spacial score (nSPS) is 11.3. The van der Waals surface area contributed by atoms with Crippen molar-refractivity contribution in [3.05, 3.63) is 66.9 Å². The van der Waals surface area contributed by atoms with E-state index in [1.165, 1.54) is 12.1 Å². The van der Waals surface area contributed by atoms with E-state index >= 15 is 0 Å². The van der Waals surface area contributed by atoms with Crippen LogP contribution >= 0.6 is 0 Å². The zero-order valence-electron chi connectivity index (χ0n) is 12.3. The van der Waals surface area contributed by atoms with Crippen LogP contribution in [-0.4, -0.2) is 21.9 Å². The summed E-state index contributed by atoms with van der Waals surface area (Å²) in [6.07, 6.45) is -3.16. The number of carbonyl (C=O) groups excluding carboxylic acids is 1. The van der Waals surface area contributed by atoms with Gasteiger partial charge in [-0.1, -0.05) is 30.3 Å². The third kappa shape index (κ3) is 3.45. The van der Waals surface area contributed by atoms with Crippen molar-refractivity contribution < 1.29 is 18.0 Å². The van der Waals surface area contributed by atoms with Gasteiger partial charge in [-0.25, -0.2) is 4.68 Å². The number of nitrogens with zero attached hydrogens (tertiary/aromatic N) is 2. The number of rotatable bonds is 3. The maximum atomic E-state index is 12.2. The van der Waals surface area contributed by atoms with Gasteiger partial charge in [-0.15, -0.1) is 0 Å². The SMILES string of the molecule is O=C(Nc1ccc(-n2ccc(-c3ccccc3)n2)cc1)C(F)(F)F. The van der Waals surface area contributed by atoms with Crippen LogP contribution in [0.1, 0.15) is 0 Å². The first-order chi connectivity index (χ1) is 11.4. The highest BCUT2D eigenvalue weighted by Gasteiger charge is 2.38. The first-order valence-corrected chi connectivity index (χ1v) is 7.03. The van der Waals surface area contributed by atoms with Gasteiger partial charge in [0.05, 0.1) is 11.4 Å². The van der Waals surface area contributed by atoms with E-state index in [2.05, 4.69) is 5.10 Å². The highest BCUT2D eigenvalue weighted by atomic mass is 19.4. The van der Waals surface area contributed by atoms with Crippen LogP contribution in [0, 0.1) is 0 Å². The minimum atomic E-state index is -4.91. The fourth-order valence-electron chi connectivity index (χ4n) is 2.13. The minimum Gasteiger partial charge on any atom is -0.318 e. The Bertz CT molecular complexity index is 840. The fraction of sp³-hybridized carbons (Fsp3) is 0.0588. The van der Waals surface area contributed by atoms with E-state index in [-0.39, 0.29) is 5.69 Å². The predicted molar refractivity (Wildman–Crippen MR) is 83.7 cm³/mol. The second kappa shape index (κ2) is 6.19. The number of amides is 1. The van der Waals surface area contributed by atoms with E-state index in [4.69, 9.17) is 0 Å². The van der Waals surface area contributed by atoms with Gasteiger partial charge in [-0.3, -0.25) is 4.79 Å². The molecule has 0 unspecified atom stereocenters. The molecule has 1 aromatic heterocycles. The molecule has 2 aromatic carbocycles. The summed E-state index contributed by atoms with van der Waals surface area (Å²) in [4.78, 5) is 10.9. The topological polar surface area (TPSA) is 46.9 Å². The number of hydrogen-bond donors (Lipinski definition) is 1. The van der Waals surface area contributed by atoms with E-state index in [0.29, 0.717) is 5.69 Å². The Labute approximate surface area is 135 Å². The molecule has 7 heteroatoms. The third-order valence-electron chi connectivity index (χ3n) is 3.31. The van der Waals surface area contributed by atoms with Crippen molar-refractivity contribution >= 4 is 11.6 Å². The van der Waals surface area contributed by atoms with Crippen LogP contribution in [0.5, 0.6) is 0 Å². The summed E-state index contributed by atoms with van der Waals surface area (Å²) in [6, 6.07) is 17.4. The van der Waals surface area contributed by atoms with Crippen LogP contribution in [0.15, 0.2) is 66.9 Å². The highest BCUT2D eigenvalue weighted by molar-refractivity contribution is 5.94. The molecule has 0 radical (unpaired) electrons. The molecule has 1 heterocycles. The quantitative estimate of drug-likeness (QED) is 0.787. The number of nitrogens with one attached hydrogen (secondary N) is 1. The first-order valence-electron chi connectivity index (χ1n) is 7.03. The van der Waals surface area contributed by atoms with Crippen molar-refractivity contribution in [1.82, 2.24) is 9.78 Å². The second-order valence-corrected chi connectivity index (χ2v) is 5.01. The van der Waals surface area contributed by atoms with E-state index < -0.39 is 12.1 Å². The minimum absolute atomic E-state index is 0.0662. The van der Waals surface area contributed by atoms with Crippen molar-refractivity contribution in [3.63, 3.8) is 0 Å². The van der Waals surface area contributed by atoms with Crippen LogP contribution in [0.4, 0.5) is 18.9 Å². The number of anilines is 1. The summed E-state index contributed by atoms with van der Waals surface area (Å²) in [6.45, 7) is 0. The summed E-state index contributed by atoms with van der Waals surface area (Å²) < 4.78 is 38.3. The van der Waals surface area contributed by atoms with Gasteiger partial charge in [0, 0.05) is 17.4 Å². The van der Waals surface area contributed by atoms with E-state index in [9.17, 15) is 18.0 Å². The number of alkyl halides is 3. The van der Waals surface area contributed by atoms with Crippen molar-refractivity contribution in [1.29, 1.82) is 0 Å². The standard InChI is InChI=1S/C17H12F3N3O/c18-17(19,20)16(24)21-13-6-8-14(9-7-13)23-11-10-15(22-23)12-4-2-1-3-5-12/h1-11H,(H,21,24). The molecular weight excluding hydrogens is 319 g/mol. The summed E-state index contributed by atoms with van der Waals surface area (Å²) in [5.41, 5.74) is 2.48. The molecular formula is C17H12F3N3O. The molecule has 1 amide bonds. The molecule has 122 valence electrons. The van der Waals surface area contributed by atoms with Crippen LogP contribution in [-0.2, 0) is 4.79 Å². The van der Waals surface area contributed by atoms with Gasteiger partial charge >= 0.3 is 12.1 Å². The number of halogens is 3. The number of hydrogen-bond acceptors (Lipinski definition) is 2. The Morgan fingerprint density at radius 2 is 1.62 bits per heavy atom. The Morgan fingerprint density at radius 1 is 0.958 bits per heavy atom. The Kier molecular flexibility index (Phi) is 4.07. The summed E-state index contributed by atoms with van der Waals surface area (Å²) >= 11 is 0. The molecule has 0 spiro atoms. The number of carbonyl (C=O) groups is 1. The Morgan fingerprint density at radius 3 is 2.25 bits per heavy atom. The van der Waals surface area contributed by atoms with E-state index in [1.54, 1.807) is 28.3 Å². The van der Waals surface area contributed by atoms with Crippen LogP contribution in [0.2, 0.25) is 0 Å². The molecule has 0 fully saturated rings. The molecule has 0 aliphatic rings. The molecule has 0 aliphatic carbocycles. The van der Waals surface area contributed by atoms with Crippen molar-refractivity contribution in [3.8, 4) is 16.9 Å². The average molecular weight is 331 g/mol. The lowest BCUT2D eigenvalue weighted by Gasteiger charge is -2.08. The van der Waals surface area contributed by atoms with Crippen molar-refractivity contribution in [2.45, 2.75) is 6.18 Å². The van der Waals surface area contributed by atoms with E-state index in [1.807, 2.05) is 36.4 Å². The Balaban J connectivity index is 1.77. The lowest BCUT2D eigenvalue weighted by Crippen LogP contribution is -2.29. The van der Waals surface area contributed by atoms with Crippen molar-refractivity contribution in [2.75, 3.05) is 5.32 Å².